The van der Waals surface area contributed by atoms with Gasteiger partial charge in [-0.15, -0.1) is 0 Å². The molecule has 1 unspecified atom stereocenters. The van der Waals surface area contributed by atoms with Gasteiger partial charge >= 0.3 is 0 Å². The van der Waals surface area contributed by atoms with E-state index in [1.54, 1.807) is 12.3 Å². The maximum Gasteiger partial charge on any atom is 0.232 e. The van der Waals surface area contributed by atoms with Crippen LogP contribution in [0.5, 0.6) is 0 Å². The molecule has 172 valence electrons. The molecule has 0 aromatic carbocycles. The minimum absolute atomic E-state index is 0.156. The van der Waals surface area contributed by atoms with E-state index in [9.17, 15) is 4.79 Å². The third-order valence-corrected chi connectivity index (χ3v) is 6.28. The zero-order chi connectivity index (χ0) is 22.3. The molecule has 32 heavy (non-hydrogen) atoms. The van der Waals surface area contributed by atoms with Crippen molar-refractivity contribution in [1.29, 1.82) is 0 Å². The van der Waals surface area contributed by atoms with Gasteiger partial charge in [0.25, 0.3) is 0 Å². The summed E-state index contributed by atoms with van der Waals surface area (Å²) in [7, 11) is 0. The highest BCUT2D eigenvalue weighted by molar-refractivity contribution is 6.36. The van der Waals surface area contributed by atoms with Crippen LogP contribution >= 0.6 is 23.2 Å². The van der Waals surface area contributed by atoms with Crippen LogP contribution in [0.1, 0.15) is 12.8 Å². The highest BCUT2D eigenvalue weighted by atomic mass is 35.5. The van der Waals surface area contributed by atoms with Crippen LogP contribution in [0.2, 0.25) is 10.2 Å². The van der Waals surface area contributed by atoms with Crippen molar-refractivity contribution in [3.8, 4) is 11.1 Å². The number of nitrogens with one attached hydrogen (secondary N) is 3. The number of ether oxygens (including phenoxy) is 2. The molecule has 2 saturated heterocycles. The Bertz CT molecular complexity index is 932. The van der Waals surface area contributed by atoms with E-state index in [-0.39, 0.29) is 11.8 Å². The van der Waals surface area contributed by atoms with Crippen LogP contribution in [0.3, 0.4) is 0 Å². The summed E-state index contributed by atoms with van der Waals surface area (Å²) in [5.74, 6) is 0.518. The second-order valence-corrected chi connectivity index (χ2v) is 8.78. The molecule has 0 radical (unpaired) electrons. The summed E-state index contributed by atoms with van der Waals surface area (Å²) in [6.07, 6.45) is 5.30. The highest BCUT2D eigenvalue weighted by Crippen LogP contribution is 2.35. The molecular weight excluding hydrogens is 453 g/mol. The van der Waals surface area contributed by atoms with Gasteiger partial charge in [0.15, 0.2) is 0 Å². The SMILES string of the molecule is O=C(Nc1cc(-c2cc(NCC3CCOCC3)cnc2Cl)c(Cl)cn1)C1CNCCOC1. The molecule has 1 amide bonds. The van der Waals surface area contributed by atoms with Gasteiger partial charge in [-0.2, -0.15) is 0 Å². The van der Waals surface area contributed by atoms with E-state index in [0.717, 1.165) is 44.8 Å². The number of hydrogen-bond acceptors (Lipinski definition) is 7. The fourth-order valence-electron chi connectivity index (χ4n) is 3.76. The minimum Gasteiger partial charge on any atom is -0.384 e. The van der Waals surface area contributed by atoms with Gasteiger partial charge in [-0.25, -0.2) is 9.97 Å². The average molecular weight is 480 g/mol. The molecule has 2 aromatic rings. The van der Waals surface area contributed by atoms with Gasteiger partial charge in [0.1, 0.15) is 11.0 Å². The van der Waals surface area contributed by atoms with Crippen molar-refractivity contribution in [1.82, 2.24) is 15.3 Å². The molecule has 8 nitrogen and oxygen atoms in total. The van der Waals surface area contributed by atoms with Crippen molar-refractivity contribution in [2.45, 2.75) is 12.8 Å². The predicted molar refractivity (Wildman–Crippen MR) is 125 cm³/mol. The number of hydrogen-bond donors (Lipinski definition) is 3. The molecule has 2 aromatic heterocycles. The van der Waals surface area contributed by atoms with E-state index in [1.165, 1.54) is 6.20 Å². The summed E-state index contributed by atoms with van der Waals surface area (Å²) in [5, 5.41) is 10.2. The van der Waals surface area contributed by atoms with Crippen molar-refractivity contribution in [2.24, 2.45) is 11.8 Å². The molecule has 2 aliphatic rings. The van der Waals surface area contributed by atoms with Crippen LogP contribution in [0.4, 0.5) is 11.5 Å². The van der Waals surface area contributed by atoms with Gasteiger partial charge in [-0.05, 0) is 30.9 Å². The van der Waals surface area contributed by atoms with Crippen LogP contribution in [-0.4, -0.2) is 61.9 Å². The number of amides is 1. The second kappa shape index (κ2) is 11.2. The minimum atomic E-state index is -0.290. The van der Waals surface area contributed by atoms with Crippen molar-refractivity contribution in [2.75, 3.05) is 56.7 Å². The molecule has 3 N–H and O–H groups in total. The van der Waals surface area contributed by atoms with Gasteiger partial charge in [0.05, 0.1) is 36.0 Å². The van der Waals surface area contributed by atoms with Gasteiger partial charge in [-0.3, -0.25) is 4.79 Å². The topological polar surface area (TPSA) is 97.4 Å². The third-order valence-electron chi connectivity index (χ3n) is 5.68. The summed E-state index contributed by atoms with van der Waals surface area (Å²) in [6, 6.07) is 3.64. The Labute approximate surface area is 197 Å². The number of carbonyl (C=O) groups excluding carboxylic acids is 1. The molecule has 0 saturated carbocycles. The number of anilines is 2. The summed E-state index contributed by atoms with van der Waals surface area (Å²) in [5.41, 5.74) is 2.18. The van der Waals surface area contributed by atoms with Gasteiger partial charge in [-0.1, -0.05) is 23.2 Å². The summed E-state index contributed by atoms with van der Waals surface area (Å²) >= 11 is 12.8. The van der Waals surface area contributed by atoms with Crippen LogP contribution in [0.25, 0.3) is 11.1 Å². The normalized spacial score (nSPS) is 19.9. The number of halogens is 2. The monoisotopic (exact) mass is 479 g/mol. The first-order valence-electron chi connectivity index (χ1n) is 10.8. The molecule has 4 rings (SSSR count). The third kappa shape index (κ3) is 6.08. The van der Waals surface area contributed by atoms with Gasteiger partial charge < -0.3 is 25.4 Å². The first kappa shape index (κ1) is 23.2. The van der Waals surface area contributed by atoms with E-state index in [1.807, 2.05) is 6.07 Å². The lowest BCUT2D eigenvalue weighted by Crippen LogP contribution is -2.33. The average Bonchev–Trinajstić information content (AvgIpc) is 3.10. The lowest BCUT2D eigenvalue weighted by atomic mass is 10.0. The van der Waals surface area contributed by atoms with Crippen molar-refractivity contribution >= 4 is 40.6 Å². The summed E-state index contributed by atoms with van der Waals surface area (Å²) < 4.78 is 10.9. The van der Waals surface area contributed by atoms with E-state index in [4.69, 9.17) is 32.7 Å². The number of nitrogens with zero attached hydrogens (tertiary/aromatic N) is 2. The van der Waals surface area contributed by atoms with Crippen molar-refractivity contribution in [3.05, 3.63) is 34.7 Å². The number of pyridine rings is 2. The Morgan fingerprint density at radius 3 is 2.78 bits per heavy atom. The zero-order valence-corrected chi connectivity index (χ0v) is 19.2. The molecule has 4 heterocycles. The lowest BCUT2D eigenvalue weighted by molar-refractivity contribution is -0.121. The van der Waals surface area contributed by atoms with E-state index >= 15 is 0 Å². The first-order valence-corrected chi connectivity index (χ1v) is 11.6. The Hall–Kier alpha value is -1.97. The Morgan fingerprint density at radius 1 is 1.09 bits per heavy atom. The zero-order valence-electron chi connectivity index (χ0n) is 17.7. The molecule has 0 bridgehead atoms. The highest BCUT2D eigenvalue weighted by Gasteiger charge is 2.22. The van der Waals surface area contributed by atoms with Crippen LogP contribution in [-0.2, 0) is 14.3 Å². The smallest absolute Gasteiger partial charge is 0.232 e. The first-order chi connectivity index (χ1) is 15.6. The van der Waals surface area contributed by atoms with Crippen LogP contribution in [0, 0.1) is 11.8 Å². The van der Waals surface area contributed by atoms with E-state index in [0.29, 0.717) is 52.8 Å². The van der Waals surface area contributed by atoms with Gasteiger partial charge in [0.2, 0.25) is 5.91 Å². The fourth-order valence-corrected chi connectivity index (χ4v) is 4.17. The fraction of sp³-hybridized carbons (Fsp3) is 0.500. The summed E-state index contributed by atoms with van der Waals surface area (Å²) in [4.78, 5) is 21.2. The number of aromatic nitrogens is 2. The van der Waals surface area contributed by atoms with E-state index in [2.05, 4.69) is 25.9 Å². The maximum absolute atomic E-state index is 12.6. The second-order valence-electron chi connectivity index (χ2n) is 8.01. The quantitative estimate of drug-likeness (QED) is 0.545. The molecule has 0 spiro atoms. The molecule has 2 fully saturated rings. The molecule has 0 aliphatic carbocycles. The van der Waals surface area contributed by atoms with E-state index < -0.39 is 0 Å². The van der Waals surface area contributed by atoms with Crippen LogP contribution in [0.15, 0.2) is 24.5 Å². The molecule has 2 aliphatic heterocycles. The molecule has 10 heteroatoms. The Morgan fingerprint density at radius 2 is 1.94 bits per heavy atom. The number of rotatable bonds is 6. The van der Waals surface area contributed by atoms with Crippen molar-refractivity contribution < 1.29 is 14.3 Å². The molecule has 1 atom stereocenters. The lowest BCUT2D eigenvalue weighted by Gasteiger charge is -2.22. The summed E-state index contributed by atoms with van der Waals surface area (Å²) in [6.45, 7) is 4.71. The Kier molecular flexibility index (Phi) is 8.15. The predicted octanol–water partition coefficient (Wildman–Crippen LogP) is 3.46. The van der Waals surface area contributed by atoms with Crippen LogP contribution < -0.4 is 16.0 Å². The van der Waals surface area contributed by atoms with Gasteiger partial charge in [0, 0.05) is 50.2 Å². The largest absolute Gasteiger partial charge is 0.384 e. The van der Waals surface area contributed by atoms with Crippen molar-refractivity contribution in [3.63, 3.8) is 0 Å². The number of carbonyl (C=O) groups is 1. The maximum atomic E-state index is 12.6. The standard InChI is InChI=1S/C22H27Cl2N5O3/c23-19-12-27-20(29-22(30)15-10-25-3-6-32-13-15)8-17(19)18-7-16(11-28-21(18)24)26-9-14-1-4-31-5-2-14/h7-8,11-12,14-15,25-26H,1-6,9-10,13H2,(H,27,29,30). The molecular formula is C22H27Cl2N5O3. The Balaban J connectivity index is 1.49.